The van der Waals surface area contributed by atoms with E-state index in [0.717, 1.165) is 58.2 Å². The van der Waals surface area contributed by atoms with Crippen molar-refractivity contribution in [1.82, 2.24) is 15.1 Å². The molecule has 9 nitrogen and oxygen atoms in total. The van der Waals surface area contributed by atoms with Gasteiger partial charge in [0, 0.05) is 19.4 Å². The lowest BCUT2D eigenvalue weighted by Crippen LogP contribution is -2.32. The van der Waals surface area contributed by atoms with E-state index in [1.807, 2.05) is 0 Å². The smallest absolute Gasteiger partial charge is 0.407 e. The predicted octanol–water partition coefficient (Wildman–Crippen LogP) is 11.8. The van der Waals surface area contributed by atoms with Crippen molar-refractivity contribution in [2.45, 2.75) is 219 Å². The monoisotopic (exact) mass is 782 g/mol. The Bertz CT molecular complexity index is 812. The third-order valence-corrected chi connectivity index (χ3v) is 10.5. The molecule has 0 saturated carbocycles. The molecule has 0 aromatic carbocycles. The minimum absolute atomic E-state index is 0.140. The van der Waals surface area contributed by atoms with Crippen molar-refractivity contribution in [3.8, 4) is 0 Å². The summed E-state index contributed by atoms with van der Waals surface area (Å²) in [5.74, 6) is -0.281. The fourth-order valence-electron chi connectivity index (χ4n) is 6.92. The number of hydrogen-bond donors (Lipinski definition) is 1. The number of carbonyl (C=O) groups excluding carboxylic acids is 3. The summed E-state index contributed by atoms with van der Waals surface area (Å²) < 4.78 is 16.8. The van der Waals surface area contributed by atoms with Gasteiger partial charge >= 0.3 is 18.0 Å². The molecule has 326 valence electrons. The van der Waals surface area contributed by atoms with Crippen LogP contribution in [0, 0.1) is 0 Å². The van der Waals surface area contributed by atoms with Crippen molar-refractivity contribution < 1.29 is 28.6 Å². The third-order valence-electron chi connectivity index (χ3n) is 10.5. The average molecular weight is 782 g/mol. The molecule has 0 aromatic rings. The van der Waals surface area contributed by atoms with Crippen molar-refractivity contribution in [2.75, 3.05) is 60.5 Å². The summed E-state index contributed by atoms with van der Waals surface area (Å²) in [5.41, 5.74) is 0. The molecule has 0 aliphatic carbocycles. The van der Waals surface area contributed by atoms with Crippen LogP contribution in [0.15, 0.2) is 0 Å². The first-order valence-electron chi connectivity index (χ1n) is 23.4. The molecule has 0 radical (unpaired) electrons. The van der Waals surface area contributed by atoms with Crippen LogP contribution in [0.3, 0.4) is 0 Å². The number of alkyl carbamates (subject to hydrolysis) is 1. The normalized spacial score (nSPS) is 11.5. The number of rotatable bonds is 42. The van der Waals surface area contributed by atoms with Gasteiger partial charge in [-0.15, -0.1) is 0 Å². The maximum atomic E-state index is 12.7. The molecular weight excluding hydrogens is 691 g/mol. The summed E-state index contributed by atoms with van der Waals surface area (Å²) >= 11 is 0. The summed E-state index contributed by atoms with van der Waals surface area (Å²) in [6, 6.07) is 0. The van der Waals surface area contributed by atoms with Gasteiger partial charge in [0.2, 0.25) is 0 Å². The Balaban J connectivity index is 4.35. The Morgan fingerprint density at radius 3 is 1.27 bits per heavy atom. The second-order valence-electron chi connectivity index (χ2n) is 16.4. The number of unbranched alkanes of at least 4 members (excludes halogenated alkanes) is 21. The first-order chi connectivity index (χ1) is 26.8. The summed E-state index contributed by atoms with van der Waals surface area (Å²) in [7, 11) is 6.33. The van der Waals surface area contributed by atoms with Gasteiger partial charge < -0.3 is 29.3 Å². The minimum Gasteiger partial charge on any atom is -0.466 e. The highest BCUT2D eigenvalue weighted by molar-refractivity contribution is 5.69. The van der Waals surface area contributed by atoms with Crippen LogP contribution in [-0.2, 0) is 23.8 Å². The van der Waals surface area contributed by atoms with Crippen LogP contribution >= 0.6 is 0 Å². The molecule has 9 heteroatoms. The van der Waals surface area contributed by atoms with E-state index in [0.29, 0.717) is 58.3 Å². The standard InChI is InChI=1S/C46H91N3O6/c1-6-8-10-12-14-16-18-20-22-24-26-35-44(50)53-41-30-33-43(55-46(52)47-37-32-40-49(5)39-29-28-38-48(3)4)34-31-42-54-45(51)36-27-25-23-21-19-17-15-13-11-9-7-2/h43H,6-42H2,1-5H3,(H,47,52). The second-order valence-corrected chi connectivity index (χ2v) is 16.4. The Kier molecular flexibility index (Phi) is 40.3. The number of amides is 1. The lowest BCUT2D eigenvalue weighted by atomic mass is 10.1. The molecule has 0 rings (SSSR count). The third kappa shape index (κ3) is 41.6. The topological polar surface area (TPSA) is 97.4 Å². The molecule has 0 aliphatic rings. The van der Waals surface area contributed by atoms with Crippen LogP contribution in [-0.4, -0.2) is 94.5 Å². The highest BCUT2D eigenvalue weighted by Gasteiger charge is 2.16. The van der Waals surface area contributed by atoms with Gasteiger partial charge in [0.15, 0.2) is 0 Å². The van der Waals surface area contributed by atoms with Crippen LogP contribution < -0.4 is 5.32 Å². The Morgan fingerprint density at radius 2 is 0.855 bits per heavy atom. The maximum Gasteiger partial charge on any atom is 0.407 e. The molecule has 0 heterocycles. The first kappa shape index (κ1) is 53.1. The molecule has 0 aromatic heterocycles. The zero-order valence-corrected chi connectivity index (χ0v) is 37.1. The summed E-state index contributed by atoms with van der Waals surface area (Å²) in [4.78, 5) is 41.9. The number of hydrogen-bond acceptors (Lipinski definition) is 8. The minimum atomic E-state index is -0.416. The molecule has 0 unspecified atom stereocenters. The molecule has 0 aliphatic heterocycles. The van der Waals surface area contributed by atoms with Gasteiger partial charge in [0.1, 0.15) is 6.10 Å². The van der Waals surface area contributed by atoms with E-state index in [4.69, 9.17) is 14.2 Å². The average Bonchev–Trinajstić information content (AvgIpc) is 3.16. The van der Waals surface area contributed by atoms with Crippen molar-refractivity contribution in [3.05, 3.63) is 0 Å². The van der Waals surface area contributed by atoms with E-state index in [1.54, 1.807) is 0 Å². The van der Waals surface area contributed by atoms with Gasteiger partial charge in [-0.1, -0.05) is 142 Å². The van der Waals surface area contributed by atoms with Gasteiger partial charge in [-0.05, 0) is 98.6 Å². The molecule has 1 N–H and O–H groups in total. The van der Waals surface area contributed by atoms with E-state index in [2.05, 4.69) is 50.1 Å². The first-order valence-corrected chi connectivity index (χ1v) is 23.4. The molecule has 1 amide bonds. The number of ether oxygens (including phenoxy) is 3. The largest absolute Gasteiger partial charge is 0.466 e. The van der Waals surface area contributed by atoms with Gasteiger partial charge in [-0.25, -0.2) is 4.79 Å². The van der Waals surface area contributed by atoms with Gasteiger partial charge in [-0.3, -0.25) is 9.59 Å². The molecule has 0 spiro atoms. The van der Waals surface area contributed by atoms with E-state index >= 15 is 0 Å². The van der Waals surface area contributed by atoms with E-state index in [9.17, 15) is 14.4 Å². The van der Waals surface area contributed by atoms with Crippen molar-refractivity contribution >= 4 is 18.0 Å². The van der Waals surface area contributed by atoms with Crippen molar-refractivity contribution in [1.29, 1.82) is 0 Å². The van der Waals surface area contributed by atoms with Crippen LogP contribution in [0.1, 0.15) is 213 Å². The quantitative estimate of drug-likeness (QED) is 0.0371. The fourth-order valence-corrected chi connectivity index (χ4v) is 6.92. The predicted molar refractivity (Wildman–Crippen MR) is 231 cm³/mol. The van der Waals surface area contributed by atoms with Gasteiger partial charge in [0.25, 0.3) is 0 Å². The van der Waals surface area contributed by atoms with E-state index in [1.165, 1.54) is 122 Å². The number of esters is 2. The SMILES string of the molecule is CCCCCCCCCCCCCC(=O)OCCCC(CCCOC(=O)CCCCCCCCCCCCC)OC(=O)NCCCN(C)CCCCN(C)C. The van der Waals surface area contributed by atoms with E-state index in [-0.39, 0.29) is 18.0 Å². The fraction of sp³-hybridized carbons (Fsp3) is 0.935. The number of nitrogens with one attached hydrogen (secondary N) is 1. The van der Waals surface area contributed by atoms with Crippen molar-refractivity contribution in [3.63, 3.8) is 0 Å². The highest BCUT2D eigenvalue weighted by Crippen LogP contribution is 2.15. The lowest BCUT2D eigenvalue weighted by molar-refractivity contribution is -0.144. The summed E-state index contributed by atoms with van der Waals surface area (Å²) in [5, 5.41) is 2.91. The maximum absolute atomic E-state index is 12.7. The number of nitrogens with zero attached hydrogens (tertiary/aromatic N) is 2. The molecule has 0 fully saturated rings. The Labute approximate surface area is 340 Å². The Morgan fingerprint density at radius 1 is 0.473 bits per heavy atom. The van der Waals surface area contributed by atoms with Crippen LogP contribution in [0.5, 0.6) is 0 Å². The number of carbonyl (C=O) groups is 3. The zero-order chi connectivity index (χ0) is 40.5. The molecule has 0 bridgehead atoms. The highest BCUT2D eigenvalue weighted by atomic mass is 16.6. The van der Waals surface area contributed by atoms with Crippen LogP contribution in [0.4, 0.5) is 4.79 Å². The molecule has 55 heavy (non-hydrogen) atoms. The zero-order valence-electron chi connectivity index (χ0n) is 37.1. The summed E-state index contributed by atoms with van der Waals surface area (Å²) in [6.07, 6.45) is 33.4. The lowest BCUT2D eigenvalue weighted by Gasteiger charge is -2.19. The van der Waals surface area contributed by atoms with Crippen molar-refractivity contribution in [2.24, 2.45) is 0 Å². The van der Waals surface area contributed by atoms with Gasteiger partial charge in [-0.2, -0.15) is 0 Å². The van der Waals surface area contributed by atoms with Gasteiger partial charge in [0.05, 0.1) is 13.2 Å². The van der Waals surface area contributed by atoms with Crippen LogP contribution in [0.2, 0.25) is 0 Å². The molecular formula is C46H91N3O6. The van der Waals surface area contributed by atoms with Crippen LogP contribution in [0.25, 0.3) is 0 Å². The summed E-state index contributed by atoms with van der Waals surface area (Å²) in [6.45, 7) is 8.79. The molecule has 0 atom stereocenters. The molecule has 0 saturated heterocycles. The van der Waals surface area contributed by atoms with E-state index < -0.39 is 6.09 Å². The Hall–Kier alpha value is -1.87. The second kappa shape index (κ2) is 41.8.